The van der Waals surface area contributed by atoms with Gasteiger partial charge in [0.1, 0.15) is 5.82 Å². The van der Waals surface area contributed by atoms with Gasteiger partial charge in [-0.2, -0.15) is 0 Å². The van der Waals surface area contributed by atoms with Crippen LogP contribution in [0.25, 0.3) is 0 Å². The van der Waals surface area contributed by atoms with E-state index in [-0.39, 0.29) is 18.2 Å². The average molecular weight is 384 g/mol. The van der Waals surface area contributed by atoms with Gasteiger partial charge >= 0.3 is 5.97 Å². The largest absolute Gasteiger partial charge is 0.490 e. The number of ether oxygens (including phenoxy) is 3. The lowest BCUT2D eigenvalue weighted by molar-refractivity contribution is -0.153. The summed E-state index contributed by atoms with van der Waals surface area (Å²) in [7, 11) is 0. The van der Waals surface area contributed by atoms with Crippen molar-refractivity contribution in [2.24, 2.45) is 0 Å². The van der Waals surface area contributed by atoms with E-state index in [2.05, 4.69) is 0 Å². The molecule has 2 aliphatic rings. The van der Waals surface area contributed by atoms with Crippen molar-refractivity contribution < 1.29 is 28.2 Å². The summed E-state index contributed by atoms with van der Waals surface area (Å²) in [4.78, 5) is 25.2. The minimum absolute atomic E-state index is 0.322. The summed E-state index contributed by atoms with van der Waals surface area (Å²) in [6.45, 7) is 0.728. The van der Waals surface area contributed by atoms with Gasteiger partial charge in [0.2, 0.25) is 0 Å². The molecular formula is C22H21FO5. The molecule has 0 atom stereocenters. The van der Waals surface area contributed by atoms with Crippen molar-refractivity contribution in [2.45, 2.75) is 31.1 Å². The Bertz CT molecular complexity index is 904. The molecule has 0 spiro atoms. The van der Waals surface area contributed by atoms with Gasteiger partial charge in [-0.25, -0.2) is 4.39 Å². The van der Waals surface area contributed by atoms with E-state index < -0.39 is 11.4 Å². The van der Waals surface area contributed by atoms with E-state index >= 15 is 0 Å². The Morgan fingerprint density at radius 3 is 2.50 bits per heavy atom. The molecule has 1 saturated carbocycles. The maximum Gasteiger partial charge on any atom is 0.317 e. The van der Waals surface area contributed by atoms with Crippen LogP contribution in [0.15, 0.2) is 42.5 Å². The molecule has 146 valence electrons. The second-order valence-corrected chi connectivity index (χ2v) is 7.16. The number of Topliss-reactive ketones (excluding diaryl/α,β-unsaturated/α-hetero) is 1. The van der Waals surface area contributed by atoms with Crippen LogP contribution in [0.3, 0.4) is 0 Å². The van der Waals surface area contributed by atoms with Crippen LogP contribution in [0.2, 0.25) is 0 Å². The van der Waals surface area contributed by atoms with Gasteiger partial charge in [-0.05, 0) is 48.7 Å². The summed E-state index contributed by atoms with van der Waals surface area (Å²) in [5.41, 5.74) is 0.143. The molecule has 0 bridgehead atoms. The van der Waals surface area contributed by atoms with E-state index in [4.69, 9.17) is 14.2 Å². The van der Waals surface area contributed by atoms with Crippen molar-refractivity contribution in [2.75, 3.05) is 19.8 Å². The summed E-state index contributed by atoms with van der Waals surface area (Å²) < 4.78 is 30.1. The minimum Gasteiger partial charge on any atom is -0.490 e. The number of ketones is 1. The second kappa shape index (κ2) is 7.62. The molecule has 0 saturated heterocycles. The topological polar surface area (TPSA) is 61.8 Å². The summed E-state index contributed by atoms with van der Waals surface area (Å²) in [6.07, 6.45) is 2.82. The lowest BCUT2D eigenvalue weighted by Gasteiger charge is -2.39. The van der Waals surface area contributed by atoms with E-state index in [1.165, 1.54) is 12.1 Å². The average Bonchev–Trinajstić information content (AvgIpc) is 2.90. The van der Waals surface area contributed by atoms with Gasteiger partial charge in [0.25, 0.3) is 0 Å². The highest BCUT2D eigenvalue weighted by Crippen LogP contribution is 2.45. The first kappa shape index (κ1) is 18.5. The first-order valence-corrected chi connectivity index (χ1v) is 9.45. The first-order valence-electron chi connectivity index (χ1n) is 9.45. The Morgan fingerprint density at radius 2 is 1.79 bits per heavy atom. The van der Waals surface area contributed by atoms with E-state index in [0.29, 0.717) is 48.7 Å². The fourth-order valence-electron chi connectivity index (χ4n) is 3.62. The monoisotopic (exact) mass is 384 g/mol. The van der Waals surface area contributed by atoms with Crippen LogP contribution in [-0.2, 0) is 14.9 Å². The fourth-order valence-corrected chi connectivity index (χ4v) is 3.62. The van der Waals surface area contributed by atoms with Crippen LogP contribution in [0.1, 0.15) is 41.6 Å². The normalized spacial score (nSPS) is 17.2. The smallest absolute Gasteiger partial charge is 0.317 e. The molecule has 1 aliphatic heterocycles. The number of carbonyl (C=O) groups excluding carboxylic acids is 2. The van der Waals surface area contributed by atoms with Gasteiger partial charge < -0.3 is 14.2 Å². The lowest BCUT2D eigenvalue weighted by Crippen LogP contribution is -2.44. The summed E-state index contributed by atoms with van der Waals surface area (Å²) in [5.74, 6) is -0.0694. The Morgan fingerprint density at radius 1 is 1.00 bits per heavy atom. The molecule has 6 heteroatoms. The minimum atomic E-state index is -0.854. The Kier molecular flexibility index (Phi) is 5.03. The molecule has 28 heavy (non-hydrogen) atoms. The number of benzene rings is 2. The highest BCUT2D eigenvalue weighted by molar-refractivity contribution is 5.99. The van der Waals surface area contributed by atoms with E-state index in [9.17, 15) is 14.0 Å². The third-order valence-electron chi connectivity index (χ3n) is 5.38. The SMILES string of the molecule is O=C(COC(=O)C1(c2cccc(F)c2)CCC1)c1ccc2c(c1)OCCCO2. The molecule has 2 aromatic rings. The van der Waals surface area contributed by atoms with Crippen molar-refractivity contribution in [3.05, 3.63) is 59.4 Å². The number of hydrogen-bond donors (Lipinski definition) is 0. The molecule has 0 radical (unpaired) electrons. The molecular weight excluding hydrogens is 363 g/mol. The predicted molar refractivity (Wildman–Crippen MR) is 99.3 cm³/mol. The zero-order valence-electron chi connectivity index (χ0n) is 15.4. The van der Waals surface area contributed by atoms with E-state index in [0.717, 1.165) is 12.8 Å². The van der Waals surface area contributed by atoms with Gasteiger partial charge in [0.05, 0.1) is 18.6 Å². The quantitative estimate of drug-likeness (QED) is 0.579. The summed E-state index contributed by atoms with van der Waals surface area (Å²) in [6, 6.07) is 11.0. The zero-order valence-corrected chi connectivity index (χ0v) is 15.4. The summed E-state index contributed by atoms with van der Waals surface area (Å²) in [5, 5.41) is 0. The third kappa shape index (κ3) is 3.46. The van der Waals surface area contributed by atoms with Crippen molar-refractivity contribution in [1.29, 1.82) is 0 Å². The van der Waals surface area contributed by atoms with Crippen LogP contribution in [-0.4, -0.2) is 31.6 Å². The Labute approximate surface area is 162 Å². The van der Waals surface area contributed by atoms with Gasteiger partial charge in [-0.1, -0.05) is 18.6 Å². The number of carbonyl (C=O) groups is 2. The number of halogens is 1. The van der Waals surface area contributed by atoms with Gasteiger partial charge in [-0.15, -0.1) is 0 Å². The van der Waals surface area contributed by atoms with Crippen LogP contribution in [0.5, 0.6) is 11.5 Å². The van der Waals surface area contributed by atoms with Gasteiger partial charge in [0, 0.05) is 12.0 Å². The maximum absolute atomic E-state index is 13.6. The maximum atomic E-state index is 13.6. The molecule has 0 aromatic heterocycles. The molecule has 0 amide bonds. The van der Waals surface area contributed by atoms with Crippen LogP contribution >= 0.6 is 0 Å². The molecule has 1 fully saturated rings. The Balaban J connectivity index is 1.44. The summed E-state index contributed by atoms with van der Waals surface area (Å²) >= 11 is 0. The number of hydrogen-bond acceptors (Lipinski definition) is 5. The number of esters is 1. The molecule has 0 unspecified atom stereocenters. The highest BCUT2D eigenvalue weighted by Gasteiger charge is 2.47. The second-order valence-electron chi connectivity index (χ2n) is 7.16. The van der Waals surface area contributed by atoms with Crippen LogP contribution in [0.4, 0.5) is 4.39 Å². The predicted octanol–water partition coefficient (Wildman–Crippen LogP) is 3.83. The van der Waals surface area contributed by atoms with Crippen molar-refractivity contribution in [3.63, 3.8) is 0 Å². The molecule has 2 aromatic carbocycles. The van der Waals surface area contributed by atoms with Crippen LogP contribution < -0.4 is 9.47 Å². The van der Waals surface area contributed by atoms with Gasteiger partial charge in [-0.3, -0.25) is 9.59 Å². The highest BCUT2D eigenvalue weighted by atomic mass is 19.1. The van der Waals surface area contributed by atoms with Crippen molar-refractivity contribution >= 4 is 11.8 Å². The third-order valence-corrected chi connectivity index (χ3v) is 5.38. The number of rotatable bonds is 5. The standard InChI is InChI=1S/C22H21FO5/c23-17-5-1-4-16(13-17)22(8-2-9-22)21(25)28-14-18(24)15-6-7-19-20(12-15)27-11-3-10-26-19/h1,4-7,12-13H,2-3,8-11,14H2. The number of fused-ring (bicyclic) bond motifs is 1. The fraction of sp³-hybridized carbons (Fsp3) is 0.364. The molecule has 5 nitrogen and oxygen atoms in total. The van der Waals surface area contributed by atoms with Crippen molar-refractivity contribution in [1.82, 2.24) is 0 Å². The van der Waals surface area contributed by atoms with Crippen LogP contribution in [0, 0.1) is 5.82 Å². The van der Waals surface area contributed by atoms with E-state index in [1.54, 1.807) is 30.3 Å². The van der Waals surface area contributed by atoms with E-state index in [1.807, 2.05) is 0 Å². The zero-order chi connectivity index (χ0) is 19.6. The molecule has 1 aliphatic carbocycles. The lowest BCUT2D eigenvalue weighted by atomic mass is 9.64. The van der Waals surface area contributed by atoms with Gasteiger partial charge in [0.15, 0.2) is 23.9 Å². The Hall–Kier alpha value is -2.89. The molecule has 1 heterocycles. The van der Waals surface area contributed by atoms with Crippen molar-refractivity contribution in [3.8, 4) is 11.5 Å². The molecule has 4 rings (SSSR count). The first-order chi connectivity index (χ1) is 13.6. The molecule has 0 N–H and O–H groups in total.